The van der Waals surface area contributed by atoms with Gasteiger partial charge in [-0.25, -0.2) is 18.6 Å². The highest BCUT2D eigenvalue weighted by Crippen LogP contribution is 2.30. The number of hydrogen-bond donors (Lipinski definition) is 2. The monoisotopic (exact) mass is 313 g/mol. The summed E-state index contributed by atoms with van der Waals surface area (Å²) in [6.07, 6.45) is -3.37. The third-order valence-corrected chi connectivity index (χ3v) is 2.64. The summed E-state index contributed by atoms with van der Waals surface area (Å²) in [5, 5.41) is 2.53. The van der Waals surface area contributed by atoms with Crippen molar-refractivity contribution >= 4 is 22.8 Å². The zero-order chi connectivity index (χ0) is 16.5. The van der Waals surface area contributed by atoms with Crippen molar-refractivity contribution in [1.82, 2.24) is 9.97 Å². The number of nitrogens with zero attached hydrogens (tertiary/aromatic N) is 1. The Hall–Kier alpha value is -2.38. The van der Waals surface area contributed by atoms with Gasteiger partial charge in [-0.2, -0.15) is 0 Å². The topological polar surface area (TPSA) is 76.2 Å². The molecule has 0 atom stereocenters. The number of methoxy groups -OCH3 is 1. The van der Waals surface area contributed by atoms with Crippen LogP contribution in [-0.2, 0) is 4.74 Å². The van der Waals surface area contributed by atoms with E-state index in [9.17, 15) is 13.6 Å². The molecule has 0 aliphatic heterocycles. The number of imidazole rings is 1. The van der Waals surface area contributed by atoms with E-state index in [0.29, 0.717) is 11.2 Å². The van der Waals surface area contributed by atoms with Crippen molar-refractivity contribution in [3.8, 4) is 5.75 Å². The van der Waals surface area contributed by atoms with E-state index in [1.54, 1.807) is 20.8 Å². The van der Waals surface area contributed by atoms with Crippen LogP contribution >= 0.6 is 0 Å². The van der Waals surface area contributed by atoms with Crippen LogP contribution in [0.1, 0.15) is 33.0 Å². The second-order valence-electron chi connectivity index (χ2n) is 5.62. The highest BCUT2D eigenvalue weighted by Gasteiger charge is 2.19. The predicted octanol–water partition coefficient (Wildman–Crippen LogP) is 3.86. The Morgan fingerprint density at radius 2 is 2.05 bits per heavy atom. The molecule has 0 spiro atoms. The minimum absolute atomic E-state index is 0.270. The van der Waals surface area contributed by atoms with Crippen LogP contribution in [-0.4, -0.2) is 28.8 Å². The van der Waals surface area contributed by atoms with Crippen LogP contribution in [0.5, 0.6) is 5.75 Å². The molecule has 8 heteroatoms. The summed E-state index contributed by atoms with van der Waals surface area (Å²) in [6.45, 7) is 5.21. The number of carbonyl (C=O) groups is 1. The van der Waals surface area contributed by atoms with Gasteiger partial charge in [-0.1, -0.05) is 0 Å². The Morgan fingerprint density at radius 3 is 2.59 bits per heavy atom. The van der Waals surface area contributed by atoms with Gasteiger partial charge in [-0.05, 0) is 26.8 Å². The lowest BCUT2D eigenvalue weighted by molar-refractivity contribution is 0.0636. The number of hydrogen-bond acceptors (Lipinski definition) is 4. The molecule has 2 aromatic rings. The van der Waals surface area contributed by atoms with E-state index in [1.165, 1.54) is 19.2 Å². The third-order valence-electron chi connectivity index (χ3n) is 2.64. The van der Waals surface area contributed by atoms with E-state index >= 15 is 0 Å². The van der Waals surface area contributed by atoms with Gasteiger partial charge in [0.1, 0.15) is 16.9 Å². The number of halogens is 2. The molecule has 0 unspecified atom stereocenters. The van der Waals surface area contributed by atoms with Gasteiger partial charge in [0, 0.05) is 11.8 Å². The first kappa shape index (κ1) is 16.0. The lowest BCUT2D eigenvalue weighted by atomic mass is 10.2. The second-order valence-corrected chi connectivity index (χ2v) is 5.62. The Morgan fingerprint density at radius 1 is 1.36 bits per heavy atom. The first-order valence-electron chi connectivity index (χ1n) is 6.55. The van der Waals surface area contributed by atoms with Crippen LogP contribution in [0.4, 0.5) is 19.3 Å². The SMILES string of the molecule is COc1cc(NC(=O)OC(C)(C)C)cc2[nH]c(C(F)F)nc12. The summed E-state index contributed by atoms with van der Waals surface area (Å²) in [7, 11) is 1.39. The number of alkyl halides is 2. The highest BCUT2D eigenvalue weighted by molar-refractivity contribution is 5.91. The van der Waals surface area contributed by atoms with Gasteiger partial charge in [0.05, 0.1) is 12.6 Å². The molecule has 120 valence electrons. The fourth-order valence-electron chi connectivity index (χ4n) is 1.86. The predicted molar refractivity (Wildman–Crippen MR) is 77.5 cm³/mol. The number of rotatable bonds is 3. The van der Waals surface area contributed by atoms with E-state index in [1.807, 2.05) is 0 Å². The van der Waals surface area contributed by atoms with Crippen molar-refractivity contribution in [2.45, 2.75) is 32.8 Å². The number of amides is 1. The average Bonchev–Trinajstić information content (AvgIpc) is 2.79. The van der Waals surface area contributed by atoms with Crippen LogP contribution < -0.4 is 10.1 Å². The molecule has 22 heavy (non-hydrogen) atoms. The number of ether oxygens (including phenoxy) is 2. The van der Waals surface area contributed by atoms with E-state index in [0.717, 1.165) is 0 Å². The second kappa shape index (κ2) is 5.78. The van der Waals surface area contributed by atoms with Crippen molar-refractivity contribution in [3.05, 3.63) is 18.0 Å². The maximum atomic E-state index is 12.7. The summed E-state index contributed by atoms with van der Waals surface area (Å²) in [5.41, 5.74) is 0.311. The summed E-state index contributed by atoms with van der Waals surface area (Å²) in [4.78, 5) is 18.0. The zero-order valence-corrected chi connectivity index (χ0v) is 12.7. The van der Waals surface area contributed by atoms with Crippen LogP contribution in [0.2, 0.25) is 0 Å². The van der Waals surface area contributed by atoms with E-state index in [-0.39, 0.29) is 11.3 Å². The third kappa shape index (κ3) is 3.63. The molecule has 1 amide bonds. The lowest BCUT2D eigenvalue weighted by Gasteiger charge is -2.19. The van der Waals surface area contributed by atoms with Gasteiger partial charge in [-0.3, -0.25) is 5.32 Å². The summed E-state index contributed by atoms with van der Waals surface area (Å²) in [5.74, 6) is -0.186. The molecule has 0 radical (unpaired) electrons. The Balaban J connectivity index is 2.33. The summed E-state index contributed by atoms with van der Waals surface area (Å²) in [6, 6.07) is 2.98. The molecule has 0 bridgehead atoms. The van der Waals surface area contributed by atoms with Gasteiger partial charge in [0.15, 0.2) is 5.82 Å². The smallest absolute Gasteiger partial charge is 0.412 e. The molecule has 0 saturated heterocycles. The van der Waals surface area contributed by atoms with Crippen molar-refractivity contribution in [3.63, 3.8) is 0 Å². The molecule has 1 heterocycles. The molecular weight excluding hydrogens is 296 g/mol. The maximum Gasteiger partial charge on any atom is 0.412 e. The van der Waals surface area contributed by atoms with Gasteiger partial charge in [-0.15, -0.1) is 0 Å². The van der Waals surface area contributed by atoms with Crippen molar-refractivity contribution in [2.24, 2.45) is 0 Å². The molecule has 1 aromatic heterocycles. The van der Waals surface area contributed by atoms with Crippen molar-refractivity contribution < 1.29 is 23.0 Å². The molecule has 2 rings (SSSR count). The lowest BCUT2D eigenvalue weighted by Crippen LogP contribution is -2.27. The number of anilines is 1. The number of nitrogens with one attached hydrogen (secondary N) is 2. The number of aromatic amines is 1. The minimum atomic E-state index is -2.72. The summed E-state index contributed by atoms with van der Waals surface area (Å²) >= 11 is 0. The molecule has 6 nitrogen and oxygen atoms in total. The fraction of sp³-hybridized carbons (Fsp3) is 0.429. The van der Waals surface area contributed by atoms with Crippen LogP contribution in [0.3, 0.4) is 0 Å². The Kier molecular flexibility index (Phi) is 4.20. The first-order valence-corrected chi connectivity index (χ1v) is 6.55. The van der Waals surface area contributed by atoms with Crippen LogP contribution in [0, 0.1) is 0 Å². The van der Waals surface area contributed by atoms with Crippen molar-refractivity contribution in [1.29, 1.82) is 0 Å². The van der Waals surface area contributed by atoms with Gasteiger partial charge in [0.25, 0.3) is 6.43 Å². The number of benzene rings is 1. The fourth-order valence-corrected chi connectivity index (χ4v) is 1.86. The Bertz CT molecular complexity index is 692. The molecular formula is C14H17F2N3O3. The largest absolute Gasteiger partial charge is 0.494 e. The van der Waals surface area contributed by atoms with Gasteiger partial charge >= 0.3 is 6.09 Å². The average molecular weight is 313 g/mol. The standard InChI is InChI=1S/C14H17F2N3O3/c1-14(2,3)22-13(20)17-7-5-8-10(9(6-7)21-4)19-12(18-8)11(15)16/h5-6,11H,1-4H3,(H,17,20)(H,18,19). The normalized spacial score (nSPS) is 11.8. The molecule has 0 saturated carbocycles. The van der Waals surface area contributed by atoms with E-state index < -0.39 is 23.9 Å². The molecule has 0 aliphatic rings. The number of H-pyrrole nitrogens is 1. The van der Waals surface area contributed by atoms with Gasteiger partial charge in [0.2, 0.25) is 0 Å². The zero-order valence-electron chi connectivity index (χ0n) is 12.7. The summed E-state index contributed by atoms with van der Waals surface area (Å²) < 4.78 is 35.7. The first-order chi connectivity index (χ1) is 10.2. The number of fused-ring (bicyclic) bond motifs is 1. The maximum absolute atomic E-state index is 12.7. The quantitative estimate of drug-likeness (QED) is 0.902. The van der Waals surface area contributed by atoms with Gasteiger partial charge < -0.3 is 14.5 Å². The molecule has 0 aliphatic carbocycles. The van der Waals surface area contributed by atoms with E-state index in [2.05, 4.69) is 15.3 Å². The molecule has 2 N–H and O–H groups in total. The highest BCUT2D eigenvalue weighted by atomic mass is 19.3. The van der Waals surface area contributed by atoms with E-state index in [4.69, 9.17) is 9.47 Å². The number of aromatic nitrogens is 2. The van der Waals surface area contributed by atoms with Crippen LogP contribution in [0.15, 0.2) is 12.1 Å². The van der Waals surface area contributed by atoms with Crippen molar-refractivity contribution in [2.75, 3.05) is 12.4 Å². The Labute approximate surface area is 125 Å². The molecule has 1 aromatic carbocycles. The van der Waals surface area contributed by atoms with Crippen LogP contribution in [0.25, 0.3) is 11.0 Å². The minimum Gasteiger partial charge on any atom is -0.494 e. The molecule has 0 fully saturated rings. The number of carbonyl (C=O) groups excluding carboxylic acids is 1.